The van der Waals surface area contributed by atoms with Crippen molar-refractivity contribution in [3.05, 3.63) is 46.7 Å². The summed E-state index contributed by atoms with van der Waals surface area (Å²) in [4.78, 5) is 11.8. The minimum Gasteiger partial charge on any atom is -0.338 e. The summed E-state index contributed by atoms with van der Waals surface area (Å²) in [5.41, 5.74) is 2.86. The van der Waals surface area contributed by atoms with Gasteiger partial charge in [-0.05, 0) is 50.1 Å². The van der Waals surface area contributed by atoms with Crippen molar-refractivity contribution < 1.29 is 4.79 Å². The average Bonchev–Trinajstić information content (AvgIpc) is 2.77. The third-order valence-electron chi connectivity index (χ3n) is 3.30. The number of anilines is 1. The van der Waals surface area contributed by atoms with Crippen molar-refractivity contribution in [1.82, 2.24) is 15.1 Å². The summed E-state index contributed by atoms with van der Waals surface area (Å²) in [5, 5.41) is 10.7. The van der Waals surface area contributed by atoms with E-state index in [0.717, 1.165) is 17.9 Å². The topological polar surface area (TPSA) is 59.0 Å². The third kappa shape index (κ3) is 4.77. The maximum Gasteiger partial charge on any atom is 0.319 e. The van der Waals surface area contributed by atoms with Crippen LogP contribution in [0.15, 0.2) is 30.3 Å². The molecule has 2 aromatic rings. The van der Waals surface area contributed by atoms with Gasteiger partial charge >= 0.3 is 6.03 Å². The summed E-state index contributed by atoms with van der Waals surface area (Å²) in [6.45, 7) is 7.46. The van der Waals surface area contributed by atoms with Crippen LogP contribution in [-0.2, 0) is 6.54 Å². The maximum absolute atomic E-state index is 11.8. The fourth-order valence-corrected chi connectivity index (χ4v) is 2.32. The van der Waals surface area contributed by atoms with E-state index in [1.165, 1.54) is 0 Å². The van der Waals surface area contributed by atoms with Crippen LogP contribution in [0.2, 0.25) is 5.02 Å². The minimum atomic E-state index is -0.220. The van der Waals surface area contributed by atoms with E-state index in [9.17, 15) is 4.79 Å². The standard InChI is InChI=1S/C16H21ClN4O/c1-11(10-21-13(3)8-12(2)20-21)9-18-16(22)19-15-6-4-14(17)5-7-15/h4-8,11H,9-10H2,1-3H3,(H2,18,19,22)/t11-/m0/s1. The Morgan fingerprint density at radius 1 is 1.32 bits per heavy atom. The minimum absolute atomic E-state index is 0.220. The third-order valence-corrected chi connectivity index (χ3v) is 3.55. The molecular formula is C16H21ClN4O. The van der Waals surface area contributed by atoms with Gasteiger partial charge in [0.25, 0.3) is 0 Å². The van der Waals surface area contributed by atoms with Gasteiger partial charge in [0.2, 0.25) is 0 Å². The first-order valence-corrected chi connectivity index (χ1v) is 7.63. The predicted octanol–water partition coefficient (Wildman–Crippen LogP) is 3.61. The lowest BCUT2D eigenvalue weighted by molar-refractivity contribution is 0.249. The van der Waals surface area contributed by atoms with Crippen LogP contribution in [0.4, 0.5) is 10.5 Å². The molecule has 0 bridgehead atoms. The van der Waals surface area contributed by atoms with E-state index in [1.807, 2.05) is 24.6 Å². The number of hydrogen-bond acceptors (Lipinski definition) is 2. The zero-order valence-electron chi connectivity index (χ0n) is 13.1. The highest BCUT2D eigenvalue weighted by Gasteiger charge is 2.09. The number of nitrogens with zero attached hydrogens (tertiary/aromatic N) is 2. The fraction of sp³-hybridized carbons (Fsp3) is 0.375. The molecule has 0 unspecified atom stereocenters. The monoisotopic (exact) mass is 320 g/mol. The first-order valence-electron chi connectivity index (χ1n) is 7.25. The Morgan fingerprint density at radius 2 is 2.00 bits per heavy atom. The van der Waals surface area contributed by atoms with Crippen molar-refractivity contribution in [2.75, 3.05) is 11.9 Å². The van der Waals surface area contributed by atoms with Crippen molar-refractivity contribution in [3.8, 4) is 0 Å². The van der Waals surface area contributed by atoms with E-state index < -0.39 is 0 Å². The largest absolute Gasteiger partial charge is 0.338 e. The Kier molecular flexibility index (Phi) is 5.44. The number of nitrogens with one attached hydrogen (secondary N) is 2. The molecule has 118 valence electrons. The van der Waals surface area contributed by atoms with E-state index in [-0.39, 0.29) is 11.9 Å². The Balaban J connectivity index is 1.78. The van der Waals surface area contributed by atoms with Crippen molar-refractivity contribution in [2.24, 2.45) is 5.92 Å². The SMILES string of the molecule is Cc1cc(C)n(C[C@@H](C)CNC(=O)Nc2ccc(Cl)cc2)n1. The molecule has 0 spiro atoms. The van der Waals surface area contributed by atoms with Crippen LogP contribution < -0.4 is 10.6 Å². The molecule has 1 atom stereocenters. The molecule has 6 heteroatoms. The fourth-order valence-electron chi connectivity index (χ4n) is 2.19. The molecule has 1 aromatic carbocycles. The van der Waals surface area contributed by atoms with Gasteiger partial charge < -0.3 is 10.6 Å². The highest BCUT2D eigenvalue weighted by Crippen LogP contribution is 2.13. The molecule has 0 aliphatic rings. The highest BCUT2D eigenvalue weighted by molar-refractivity contribution is 6.30. The van der Waals surface area contributed by atoms with E-state index in [0.29, 0.717) is 17.3 Å². The molecule has 0 aliphatic heterocycles. The molecule has 0 aliphatic carbocycles. The van der Waals surface area contributed by atoms with Crippen molar-refractivity contribution in [3.63, 3.8) is 0 Å². The van der Waals surface area contributed by atoms with Crippen LogP contribution in [0.3, 0.4) is 0 Å². The number of carbonyl (C=O) groups excluding carboxylic acids is 1. The number of urea groups is 1. The van der Waals surface area contributed by atoms with Crippen molar-refractivity contribution in [2.45, 2.75) is 27.3 Å². The highest BCUT2D eigenvalue weighted by atomic mass is 35.5. The molecular weight excluding hydrogens is 300 g/mol. The lowest BCUT2D eigenvalue weighted by Crippen LogP contribution is -2.33. The van der Waals surface area contributed by atoms with Crippen LogP contribution in [0.25, 0.3) is 0 Å². The first kappa shape index (κ1) is 16.4. The van der Waals surface area contributed by atoms with Gasteiger partial charge in [0.05, 0.1) is 5.69 Å². The summed E-state index contributed by atoms with van der Waals surface area (Å²) < 4.78 is 1.97. The predicted molar refractivity (Wildman–Crippen MR) is 89.3 cm³/mol. The number of rotatable bonds is 5. The normalized spacial score (nSPS) is 12.0. The zero-order chi connectivity index (χ0) is 16.1. The van der Waals surface area contributed by atoms with E-state index in [1.54, 1.807) is 24.3 Å². The summed E-state index contributed by atoms with van der Waals surface area (Å²) in [5.74, 6) is 0.286. The smallest absolute Gasteiger partial charge is 0.319 e. The first-order chi connectivity index (χ1) is 10.4. The molecule has 0 fully saturated rings. The number of carbonyl (C=O) groups is 1. The number of amides is 2. The van der Waals surface area contributed by atoms with Crippen LogP contribution in [0, 0.1) is 19.8 Å². The van der Waals surface area contributed by atoms with Gasteiger partial charge in [0.1, 0.15) is 0 Å². The van der Waals surface area contributed by atoms with E-state index in [2.05, 4.69) is 22.7 Å². The van der Waals surface area contributed by atoms with Gasteiger partial charge in [-0.3, -0.25) is 4.68 Å². The average molecular weight is 321 g/mol. The molecule has 22 heavy (non-hydrogen) atoms. The quantitative estimate of drug-likeness (QED) is 0.884. The molecule has 5 nitrogen and oxygen atoms in total. The van der Waals surface area contributed by atoms with Crippen molar-refractivity contribution in [1.29, 1.82) is 0 Å². The van der Waals surface area contributed by atoms with Gasteiger partial charge in [0.15, 0.2) is 0 Å². The number of hydrogen-bond donors (Lipinski definition) is 2. The van der Waals surface area contributed by atoms with Crippen LogP contribution in [0.1, 0.15) is 18.3 Å². The summed E-state index contributed by atoms with van der Waals surface area (Å²) in [7, 11) is 0. The molecule has 0 saturated carbocycles. The van der Waals surface area contributed by atoms with Gasteiger partial charge in [-0.25, -0.2) is 4.79 Å². The van der Waals surface area contributed by atoms with Gasteiger partial charge in [-0.1, -0.05) is 18.5 Å². The van der Waals surface area contributed by atoms with Crippen molar-refractivity contribution >= 4 is 23.3 Å². The van der Waals surface area contributed by atoms with Gasteiger partial charge in [-0.15, -0.1) is 0 Å². The van der Waals surface area contributed by atoms with Gasteiger partial charge in [-0.2, -0.15) is 5.10 Å². The van der Waals surface area contributed by atoms with Gasteiger partial charge in [0, 0.05) is 29.5 Å². The second kappa shape index (κ2) is 7.31. The van der Waals surface area contributed by atoms with Crippen LogP contribution in [-0.4, -0.2) is 22.4 Å². The Bertz CT molecular complexity index is 636. The summed E-state index contributed by atoms with van der Waals surface area (Å²) in [6, 6.07) is 8.84. The second-order valence-electron chi connectivity index (χ2n) is 5.56. The lowest BCUT2D eigenvalue weighted by Gasteiger charge is -2.14. The summed E-state index contributed by atoms with van der Waals surface area (Å²) in [6.07, 6.45) is 0. The molecule has 2 rings (SSSR count). The lowest BCUT2D eigenvalue weighted by atomic mass is 10.2. The number of halogens is 1. The maximum atomic E-state index is 11.8. The molecule has 0 radical (unpaired) electrons. The molecule has 1 heterocycles. The number of benzene rings is 1. The summed E-state index contributed by atoms with van der Waals surface area (Å²) >= 11 is 5.81. The Morgan fingerprint density at radius 3 is 2.59 bits per heavy atom. The number of aryl methyl sites for hydroxylation is 2. The van der Waals surface area contributed by atoms with Crippen LogP contribution >= 0.6 is 11.6 Å². The number of aromatic nitrogens is 2. The van der Waals surface area contributed by atoms with E-state index >= 15 is 0 Å². The molecule has 2 amide bonds. The van der Waals surface area contributed by atoms with E-state index in [4.69, 9.17) is 11.6 Å². The van der Waals surface area contributed by atoms with Crippen LogP contribution in [0.5, 0.6) is 0 Å². The Labute approximate surface area is 135 Å². The Hall–Kier alpha value is -2.01. The molecule has 1 aromatic heterocycles. The zero-order valence-corrected chi connectivity index (χ0v) is 13.8. The molecule has 0 saturated heterocycles. The second-order valence-corrected chi connectivity index (χ2v) is 5.99. The molecule has 2 N–H and O–H groups in total.